The summed E-state index contributed by atoms with van der Waals surface area (Å²) in [5.41, 5.74) is -0.811. The molecule has 1 aliphatic carbocycles. The van der Waals surface area contributed by atoms with Crippen LogP contribution in [0.25, 0.3) is 0 Å². The van der Waals surface area contributed by atoms with Gasteiger partial charge in [0.05, 0.1) is 5.92 Å². The van der Waals surface area contributed by atoms with Crippen LogP contribution < -0.4 is 0 Å². The largest absolute Gasteiger partial charge is 0.481 e. The van der Waals surface area contributed by atoms with Gasteiger partial charge in [-0.05, 0) is 17.4 Å². The SMILES string of the molecule is CC1(C)[C@H](C(=O)O)[C@@H]1/C=C(\F)C(F)(F)F. The number of halogens is 4. The lowest BCUT2D eigenvalue weighted by Crippen LogP contribution is -2.08. The minimum atomic E-state index is -5.03. The van der Waals surface area contributed by atoms with E-state index in [0.717, 1.165) is 0 Å². The molecule has 6 heteroatoms. The van der Waals surface area contributed by atoms with Crippen LogP contribution in [0.5, 0.6) is 0 Å². The second-order valence-electron chi connectivity index (χ2n) is 4.18. The zero-order valence-electron chi connectivity index (χ0n) is 8.10. The number of allylic oxidation sites excluding steroid dienone is 2. The molecular formula is C9H10F4O2. The number of hydrogen-bond acceptors (Lipinski definition) is 1. The van der Waals surface area contributed by atoms with Crippen LogP contribution in [-0.2, 0) is 4.79 Å². The number of rotatable bonds is 2. The highest BCUT2D eigenvalue weighted by Gasteiger charge is 2.61. The van der Waals surface area contributed by atoms with Crippen molar-refractivity contribution in [2.75, 3.05) is 0 Å². The fourth-order valence-corrected chi connectivity index (χ4v) is 1.71. The normalized spacial score (nSPS) is 30.1. The van der Waals surface area contributed by atoms with E-state index in [4.69, 9.17) is 5.11 Å². The van der Waals surface area contributed by atoms with Gasteiger partial charge in [0.15, 0.2) is 5.83 Å². The number of aliphatic carboxylic acids is 1. The summed E-state index contributed by atoms with van der Waals surface area (Å²) in [7, 11) is 0. The summed E-state index contributed by atoms with van der Waals surface area (Å²) in [6.45, 7) is 2.99. The van der Waals surface area contributed by atoms with Gasteiger partial charge in [0.25, 0.3) is 0 Å². The van der Waals surface area contributed by atoms with Gasteiger partial charge in [-0.1, -0.05) is 13.8 Å². The summed E-state index contributed by atoms with van der Waals surface area (Å²) < 4.78 is 48.0. The molecular weight excluding hydrogens is 216 g/mol. The third kappa shape index (κ3) is 2.13. The molecule has 1 N–H and O–H groups in total. The van der Waals surface area contributed by atoms with Crippen molar-refractivity contribution >= 4 is 5.97 Å². The summed E-state index contributed by atoms with van der Waals surface area (Å²) >= 11 is 0. The van der Waals surface area contributed by atoms with E-state index in [9.17, 15) is 22.4 Å². The van der Waals surface area contributed by atoms with E-state index in [2.05, 4.69) is 0 Å². The van der Waals surface area contributed by atoms with Gasteiger partial charge >= 0.3 is 12.1 Å². The first-order chi connectivity index (χ1) is 6.58. The molecule has 15 heavy (non-hydrogen) atoms. The van der Waals surface area contributed by atoms with Crippen molar-refractivity contribution in [1.29, 1.82) is 0 Å². The molecule has 0 unspecified atom stereocenters. The topological polar surface area (TPSA) is 37.3 Å². The fourth-order valence-electron chi connectivity index (χ4n) is 1.71. The fraction of sp³-hybridized carbons (Fsp3) is 0.667. The van der Waals surface area contributed by atoms with E-state index in [1.807, 2.05) is 0 Å². The molecule has 1 fully saturated rings. The number of alkyl halides is 3. The molecule has 0 aromatic rings. The van der Waals surface area contributed by atoms with Gasteiger partial charge < -0.3 is 5.11 Å². The number of hydrogen-bond donors (Lipinski definition) is 1. The minimum Gasteiger partial charge on any atom is -0.481 e. The van der Waals surface area contributed by atoms with E-state index in [1.54, 1.807) is 0 Å². The summed E-state index contributed by atoms with van der Waals surface area (Å²) in [4.78, 5) is 10.6. The Morgan fingerprint density at radius 2 is 1.87 bits per heavy atom. The van der Waals surface area contributed by atoms with Gasteiger partial charge in [-0.25, -0.2) is 4.39 Å². The van der Waals surface area contributed by atoms with Crippen LogP contribution in [0.4, 0.5) is 17.6 Å². The maximum absolute atomic E-state index is 12.5. The molecule has 0 bridgehead atoms. The van der Waals surface area contributed by atoms with Crippen LogP contribution >= 0.6 is 0 Å². The highest BCUT2D eigenvalue weighted by Crippen LogP contribution is 2.59. The van der Waals surface area contributed by atoms with Crippen molar-refractivity contribution in [3.05, 3.63) is 11.9 Å². The predicted octanol–water partition coefficient (Wildman–Crippen LogP) is 2.76. The Balaban J connectivity index is 2.83. The molecule has 0 aromatic carbocycles. The van der Waals surface area contributed by atoms with Crippen molar-refractivity contribution in [1.82, 2.24) is 0 Å². The molecule has 1 saturated carbocycles. The average molecular weight is 226 g/mol. The Bertz CT molecular complexity index is 317. The zero-order valence-corrected chi connectivity index (χ0v) is 8.10. The van der Waals surface area contributed by atoms with Gasteiger partial charge in [0.1, 0.15) is 0 Å². The molecule has 0 amide bonds. The van der Waals surface area contributed by atoms with E-state index in [0.29, 0.717) is 6.08 Å². The second-order valence-corrected chi connectivity index (χ2v) is 4.18. The molecule has 0 aliphatic heterocycles. The first-order valence-electron chi connectivity index (χ1n) is 4.26. The van der Waals surface area contributed by atoms with E-state index >= 15 is 0 Å². The Morgan fingerprint density at radius 3 is 2.13 bits per heavy atom. The first kappa shape index (κ1) is 12.0. The highest BCUT2D eigenvalue weighted by molar-refractivity contribution is 5.76. The number of carboxylic acids is 1. The Morgan fingerprint density at radius 1 is 1.40 bits per heavy atom. The lowest BCUT2D eigenvalue weighted by Gasteiger charge is -2.02. The maximum atomic E-state index is 12.5. The standard InChI is InChI=1S/C9H10F4O2/c1-8(2)4(6(8)7(14)15)3-5(10)9(11,12)13/h3-4,6H,1-2H3,(H,14,15)/b5-3-/t4-,6-/m0/s1. The van der Waals surface area contributed by atoms with Gasteiger partial charge in [-0.15, -0.1) is 0 Å². The molecule has 0 saturated heterocycles. The summed E-state index contributed by atoms with van der Waals surface area (Å²) in [6.07, 6.45) is -4.67. The predicted molar refractivity (Wildman–Crippen MR) is 43.6 cm³/mol. The lowest BCUT2D eigenvalue weighted by molar-refractivity contribution is -0.139. The van der Waals surface area contributed by atoms with Crippen LogP contribution in [0.1, 0.15) is 13.8 Å². The Kier molecular flexibility index (Phi) is 2.57. The average Bonchev–Trinajstić information content (AvgIpc) is 2.50. The van der Waals surface area contributed by atoms with Crippen LogP contribution in [0.15, 0.2) is 11.9 Å². The monoisotopic (exact) mass is 226 g/mol. The molecule has 0 heterocycles. The van der Waals surface area contributed by atoms with Crippen LogP contribution in [0.3, 0.4) is 0 Å². The van der Waals surface area contributed by atoms with Crippen LogP contribution in [-0.4, -0.2) is 17.3 Å². The van der Waals surface area contributed by atoms with Crippen molar-refractivity contribution in [2.24, 2.45) is 17.3 Å². The quantitative estimate of drug-likeness (QED) is 0.735. The molecule has 2 atom stereocenters. The molecule has 0 spiro atoms. The third-order valence-corrected chi connectivity index (χ3v) is 2.77. The second kappa shape index (κ2) is 3.21. The van der Waals surface area contributed by atoms with Gasteiger partial charge in [-0.3, -0.25) is 4.79 Å². The van der Waals surface area contributed by atoms with Crippen molar-refractivity contribution in [2.45, 2.75) is 20.0 Å². The Hall–Kier alpha value is -1.07. The molecule has 0 radical (unpaired) electrons. The smallest absolute Gasteiger partial charge is 0.442 e. The maximum Gasteiger partial charge on any atom is 0.442 e. The van der Waals surface area contributed by atoms with Gasteiger partial charge in [-0.2, -0.15) is 13.2 Å². The van der Waals surface area contributed by atoms with E-state index in [-0.39, 0.29) is 0 Å². The van der Waals surface area contributed by atoms with Crippen molar-refractivity contribution in [3.63, 3.8) is 0 Å². The third-order valence-electron chi connectivity index (χ3n) is 2.77. The molecule has 86 valence electrons. The van der Waals surface area contributed by atoms with E-state index in [1.165, 1.54) is 13.8 Å². The number of carboxylic acid groups (broad SMARTS) is 1. The van der Waals surface area contributed by atoms with E-state index < -0.39 is 35.2 Å². The van der Waals surface area contributed by atoms with Gasteiger partial charge in [0, 0.05) is 0 Å². The summed E-state index contributed by atoms with van der Waals surface area (Å²) in [5.74, 6) is -5.25. The lowest BCUT2D eigenvalue weighted by atomic mass is 10.1. The van der Waals surface area contributed by atoms with Crippen LogP contribution in [0, 0.1) is 17.3 Å². The van der Waals surface area contributed by atoms with Crippen molar-refractivity contribution in [3.8, 4) is 0 Å². The molecule has 1 aliphatic rings. The number of carbonyl (C=O) groups is 1. The van der Waals surface area contributed by atoms with Gasteiger partial charge in [0.2, 0.25) is 0 Å². The first-order valence-corrected chi connectivity index (χ1v) is 4.26. The van der Waals surface area contributed by atoms with Crippen molar-refractivity contribution < 1.29 is 27.5 Å². The zero-order chi connectivity index (χ0) is 12.0. The minimum absolute atomic E-state index is 0.360. The Labute approximate surface area is 83.6 Å². The summed E-state index contributed by atoms with van der Waals surface area (Å²) in [6, 6.07) is 0. The highest BCUT2D eigenvalue weighted by atomic mass is 19.4. The summed E-state index contributed by atoms with van der Waals surface area (Å²) in [5, 5.41) is 8.64. The molecule has 1 rings (SSSR count). The van der Waals surface area contributed by atoms with Crippen LogP contribution in [0.2, 0.25) is 0 Å². The molecule has 2 nitrogen and oxygen atoms in total. The molecule has 0 aromatic heterocycles.